The normalized spacial score (nSPS) is 13.8. The van der Waals surface area contributed by atoms with Crippen molar-refractivity contribution in [2.45, 2.75) is 57.5 Å². The minimum Gasteiger partial charge on any atom is -0.377 e. The molecule has 1 atom stereocenters. The number of aryl methyl sites for hydroxylation is 1. The fourth-order valence-corrected chi connectivity index (χ4v) is 4.43. The average molecular weight is 335 g/mol. The molecule has 21 heavy (non-hydrogen) atoms. The zero-order valence-electron chi connectivity index (χ0n) is 13.4. The van der Waals surface area contributed by atoms with Gasteiger partial charge in [0.05, 0.1) is 6.10 Å². The van der Waals surface area contributed by atoms with Crippen molar-refractivity contribution in [3.8, 4) is 0 Å². The van der Waals surface area contributed by atoms with E-state index in [1.807, 2.05) is 20.8 Å². The monoisotopic (exact) mass is 334 g/mol. The largest absolute Gasteiger partial charge is 0.377 e. The second-order valence-corrected chi connectivity index (χ2v) is 8.46. The first-order valence-electron chi connectivity index (χ1n) is 7.20. The van der Waals surface area contributed by atoms with Crippen LogP contribution in [0, 0.1) is 6.92 Å². The van der Waals surface area contributed by atoms with Gasteiger partial charge in [0.1, 0.15) is 4.21 Å². The van der Waals surface area contributed by atoms with Gasteiger partial charge < -0.3 is 10.1 Å². The molecule has 0 saturated carbocycles. The van der Waals surface area contributed by atoms with Crippen molar-refractivity contribution in [3.05, 3.63) is 16.5 Å². The molecule has 1 unspecified atom stereocenters. The lowest BCUT2D eigenvalue weighted by atomic mass is 10.3. The Hall–Kier alpha value is -0.470. The Morgan fingerprint density at radius 2 is 2.00 bits per heavy atom. The molecule has 0 aliphatic carbocycles. The molecule has 7 heteroatoms. The van der Waals surface area contributed by atoms with Crippen molar-refractivity contribution >= 4 is 21.4 Å². The molecular formula is C14H26N2O3S2. The van der Waals surface area contributed by atoms with Gasteiger partial charge in [-0.2, -0.15) is 0 Å². The number of sulfonamides is 1. The fourth-order valence-electron chi connectivity index (χ4n) is 1.74. The molecule has 0 aliphatic rings. The Bertz CT molecular complexity index is 538. The molecule has 0 fully saturated rings. The van der Waals surface area contributed by atoms with Crippen LogP contribution in [0.15, 0.2) is 10.3 Å². The quantitative estimate of drug-likeness (QED) is 0.727. The van der Waals surface area contributed by atoms with Crippen molar-refractivity contribution in [2.24, 2.45) is 0 Å². The Morgan fingerprint density at radius 1 is 1.33 bits per heavy atom. The van der Waals surface area contributed by atoms with Gasteiger partial charge in [0.2, 0.25) is 10.0 Å². The third-order valence-electron chi connectivity index (χ3n) is 2.95. The van der Waals surface area contributed by atoms with Crippen LogP contribution < -0.4 is 10.0 Å². The Morgan fingerprint density at radius 3 is 2.57 bits per heavy atom. The van der Waals surface area contributed by atoms with E-state index in [0.29, 0.717) is 23.4 Å². The Labute approximate surface area is 132 Å². The number of hydrogen-bond donors (Lipinski definition) is 2. The first-order valence-corrected chi connectivity index (χ1v) is 9.50. The SMILES string of the molecule is CCOC(C)CNS(=O)(=O)c1cc(C)c(CNC(C)C)s1. The van der Waals surface area contributed by atoms with E-state index in [4.69, 9.17) is 4.74 Å². The number of hydrogen-bond acceptors (Lipinski definition) is 5. The standard InChI is InChI=1S/C14H26N2O3S2/c1-6-19-12(5)8-16-21(17,18)14-7-11(4)13(20-14)9-15-10(2)3/h7,10,12,15-16H,6,8-9H2,1-5H3. The van der Waals surface area contributed by atoms with E-state index < -0.39 is 10.0 Å². The number of thiophene rings is 1. The maximum Gasteiger partial charge on any atom is 0.250 e. The van der Waals surface area contributed by atoms with Gasteiger partial charge in [-0.25, -0.2) is 13.1 Å². The van der Waals surface area contributed by atoms with Gasteiger partial charge in [0, 0.05) is 30.6 Å². The Kier molecular flexibility index (Phi) is 7.29. The summed E-state index contributed by atoms with van der Waals surface area (Å²) in [5.74, 6) is 0. The lowest BCUT2D eigenvalue weighted by Crippen LogP contribution is -2.31. The summed E-state index contributed by atoms with van der Waals surface area (Å²) in [4.78, 5) is 1.06. The van der Waals surface area contributed by atoms with Gasteiger partial charge in [0.25, 0.3) is 0 Å². The van der Waals surface area contributed by atoms with Gasteiger partial charge >= 0.3 is 0 Å². The topological polar surface area (TPSA) is 67.4 Å². The zero-order chi connectivity index (χ0) is 16.0. The van der Waals surface area contributed by atoms with E-state index in [1.165, 1.54) is 11.3 Å². The second-order valence-electron chi connectivity index (χ2n) is 5.33. The van der Waals surface area contributed by atoms with Crippen LogP contribution in [-0.2, 0) is 21.3 Å². The molecule has 5 nitrogen and oxygen atoms in total. The van der Waals surface area contributed by atoms with Crippen molar-refractivity contribution < 1.29 is 13.2 Å². The molecule has 0 bridgehead atoms. The van der Waals surface area contributed by atoms with Crippen LogP contribution in [0.5, 0.6) is 0 Å². The number of ether oxygens (including phenoxy) is 1. The minimum atomic E-state index is -3.45. The van der Waals surface area contributed by atoms with E-state index in [0.717, 1.165) is 10.4 Å². The Balaban J connectivity index is 2.73. The fraction of sp³-hybridized carbons (Fsp3) is 0.714. The van der Waals surface area contributed by atoms with Gasteiger partial charge in [0.15, 0.2) is 0 Å². The summed E-state index contributed by atoms with van der Waals surface area (Å²) in [6, 6.07) is 2.10. The average Bonchev–Trinajstić information content (AvgIpc) is 2.77. The molecule has 1 aromatic rings. The lowest BCUT2D eigenvalue weighted by molar-refractivity contribution is 0.0800. The van der Waals surface area contributed by atoms with Crippen molar-refractivity contribution in [3.63, 3.8) is 0 Å². The van der Waals surface area contributed by atoms with Crippen LogP contribution >= 0.6 is 11.3 Å². The highest BCUT2D eigenvalue weighted by atomic mass is 32.2. The predicted octanol–water partition coefficient (Wildman–Crippen LogP) is 2.26. The molecular weight excluding hydrogens is 308 g/mol. The third kappa shape index (κ3) is 6.04. The van der Waals surface area contributed by atoms with Crippen LogP contribution in [-0.4, -0.2) is 33.7 Å². The minimum absolute atomic E-state index is 0.132. The summed E-state index contributed by atoms with van der Waals surface area (Å²) in [6.45, 7) is 11.4. The van der Waals surface area contributed by atoms with E-state index in [2.05, 4.69) is 23.9 Å². The van der Waals surface area contributed by atoms with Crippen LogP contribution in [0.2, 0.25) is 0 Å². The number of rotatable bonds is 9. The molecule has 1 aromatic heterocycles. The highest BCUT2D eigenvalue weighted by molar-refractivity contribution is 7.91. The van der Waals surface area contributed by atoms with Gasteiger partial charge in [-0.1, -0.05) is 13.8 Å². The van der Waals surface area contributed by atoms with E-state index in [1.54, 1.807) is 6.07 Å². The molecule has 0 radical (unpaired) electrons. The summed E-state index contributed by atoms with van der Waals surface area (Å²) in [6.07, 6.45) is -0.132. The molecule has 0 saturated heterocycles. The van der Waals surface area contributed by atoms with Gasteiger partial charge in [-0.3, -0.25) is 0 Å². The first-order chi connectivity index (χ1) is 9.76. The molecule has 0 spiro atoms. The molecule has 1 heterocycles. The zero-order valence-corrected chi connectivity index (χ0v) is 15.0. The van der Waals surface area contributed by atoms with E-state index >= 15 is 0 Å². The third-order valence-corrected chi connectivity index (χ3v) is 6.08. The van der Waals surface area contributed by atoms with Crippen LogP contribution in [0.4, 0.5) is 0 Å². The lowest BCUT2D eigenvalue weighted by Gasteiger charge is -2.12. The summed E-state index contributed by atoms with van der Waals surface area (Å²) >= 11 is 1.32. The summed E-state index contributed by atoms with van der Waals surface area (Å²) < 4.78 is 32.8. The first kappa shape index (κ1) is 18.6. The summed E-state index contributed by atoms with van der Waals surface area (Å²) in [5, 5.41) is 3.31. The highest BCUT2D eigenvalue weighted by Crippen LogP contribution is 2.25. The van der Waals surface area contributed by atoms with Crippen molar-refractivity contribution in [1.82, 2.24) is 10.0 Å². The van der Waals surface area contributed by atoms with Gasteiger partial charge in [-0.05, 0) is 32.4 Å². The molecule has 0 aliphatic heterocycles. The van der Waals surface area contributed by atoms with E-state index in [-0.39, 0.29) is 12.6 Å². The number of nitrogens with one attached hydrogen (secondary N) is 2. The summed E-state index contributed by atoms with van der Waals surface area (Å²) in [5.41, 5.74) is 1.01. The van der Waals surface area contributed by atoms with E-state index in [9.17, 15) is 8.42 Å². The maximum absolute atomic E-state index is 12.3. The predicted molar refractivity (Wildman–Crippen MR) is 87.3 cm³/mol. The molecule has 2 N–H and O–H groups in total. The summed E-state index contributed by atoms with van der Waals surface area (Å²) in [7, 11) is -3.45. The molecule has 0 aromatic carbocycles. The highest BCUT2D eigenvalue weighted by Gasteiger charge is 2.19. The van der Waals surface area contributed by atoms with Crippen LogP contribution in [0.3, 0.4) is 0 Å². The van der Waals surface area contributed by atoms with Gasteiger partial charge in [-0.15, -0.1) is 11.3 Å². The van der Waals surface area contributed by atoms with Crippen LogP contribution in [0.1, 0.15) is 38.1 Å². The van der Waals surface area contributed by atoms with Crippen molar-refractivity contribution in [1.29, 1.82) is 0 Å². The molecule has 122 valence electrons. The van der Waals surface area contributed by atoms with Crippen molar-refractivity contribution in [2.75, 3.05) is 13.2 Å². The maximum atomic E-state index is 12.3. The molecule has 0 amide bonds. The van der Waals surface area contributed by atoms with Crippen LogP contribution in [0.25, 0.3) is 0 Å². The smallest absolute Gasteiger partial charge is 0.250 e. The molecule has 1 rings (SSSR count). The second kappa shape index (κ2) is 8.24.